The SMILES string of the molecule is Cc1cc(-c2ccc3ccn(CC(=O)NCCN)c(=O)c3c2)ccc1O[C@H]1O[C@@H](CO)[C@@H](O)[C@H](O)[C@H]1O. The topological polar surface area (TPSA) is 176 Å². The Morgan fingerprint density at radius 2 is 1.81 bits per heavy atom. The fourth-order valence-electron chi connectivity index (χ4n) is 4.26. The first-order valence-corrected chi connectivity index (χ1v) is 11.9. The fraction of sp³-hybridized carbons (Fsp3) is 0.385. The standard InChI is InChI=1S/C26H31N3O8/c1-14-10-16(4-5-19(14)36-26-24(34)23(33)22(32)20(13-30)37-26)17-3-2-15-6-9-29(25(35)18(15)11-17)12-21(31)28-8-7-27/h2-6,9-11,20,22-24,26,30,32-34H,7-8,12-13,27H2,1H3,(H,28,31)/t20-,22+,23-,24+,26-/m0/s1. The molecule has 0 bridgehead atoms. The molecule has 4 rings (SSSR count). The van der Waals surface area contributed by atoms with Gasteiger partial charge in [0.2, 0.25) is 12.2 Å². The zero-order valence-corrected chi connectivity index (χ0v) is 20.3. The van der Waals surface area contributed by atoms with Gasteiger partial charge in [-0.15, -0.1) is 0 Å². The number of aliphatic hydroxyl groups excluding tert-OH is 4. The molecule has 0 radical (unpaired) electrons. The third kappa shape index (κ3) is 5.67. The van der Waals surface area contributed by atoms with Crippen molar-refractivity contribution in [1.82, 2.24) is 9.88 Å². The van der Waals surface area contributed by atoms with Crippen molar-refractivity contribution in [3.05, 3.63) is 64.6 Å². The van der Waals surface area contributed by atoms with Crippen molar-refractivity contribution >= 4 is 16.7 Å². The van der Waals surface area contributed by atoms with E-state index in [0.717, 1.165) is 16.5 Å². The summed E-state index contributed by atoms with van der Waals surface area (Å²) in [5.74, 6) is 0.0772. The first-order valence-electron chi connectivity index (χ1n) is 11.9. The number of nitrogens with one attached hydrogen (secondary N) is 1. The summed E-state index contributed by atoms with van der Waals surface area (Å²) in [4.78, 5) is 25.1. The maximum Gasteiger partial charge on any atom is 0.258 e. The Bertz CT molecular complexity index is 1320. The molecular formula is C26H31N3O8. The molecule has 2 aromatic carbocycles. The molecule has 0 aliphatic carbocycles. The van der Waals surface area contributed by atoms with Crippen molar-refractivity contribution in [3.8, 4) is 16.9 Å². The lowest BCUT2D eigenvalue weighted by Crippen LogP contribution is -2.60. The third-order valence-corrected chi connectivity index (χ3v) is 6.36. The fourth-order valence-corrected chi connectivity index (χ4v) is 4.26. The molecule has 7 N–H and O–H groups in total. The molecule has 0 spiro atoms. The van der Waals surface area contributed by atoms with Gasteiger partial charge in [0.1, 0.15) is 36.7 Å². The van der Waals surface area contributed by atoms with E-state index in [9.17, 15) is 30.0 Å². The van der Waals surface area contributed by atoms with Crippen LogP contribution in [0.2, 0.25) is 0 Å². The molecule has 0 unspecified atom stereocenters. The van der Waals surface area contributed by atoms with Crippen LogP contribution in [0.15, 0.2) is 53.5 Å². The average Bonchev–Trinajstić information content (AvgIpc) is 2.90. The number of benzene rings is 2. The number of ether oxygens (including phenoxy) is 2. The molecule has 1 aliphatic rings. The monoisotopic (exact) mass is 513 g/mol. The Morgan fingerprint density at radius 3 is 2.51 bits per heavy atom. The number of nitrogens with zero attached hydrogens (tertiary/aromatic N) is 1. The molecule has 1 amide bonds. The first kappa shape index (κ1) is 26.7. The number of nitrogens with two attached hydrogens (primary N) is 1. The van der Waals surface area contributed by atoms with Gasteiger partial charge in [-0.25, -0.2) is 0 Å². The van der Waals surface area contributed by atoms with Gasteiger partial charge in [0, 0.05) is 24.7 Å². The Kier molecular flexibility index (Phi) is 8.22. The summed E-state index contributed by atoms with van der Waals surface area (Å²) in [6, 6.07) is 12.5. The van der Waals surface area contributed by atoms with Crippen LogP contribution >= 0.6 is 0 Å². The second-order valence-electron chi connectivity index (χ2n) is 8.98. The molecule has 37 heavy (non-hydrogen) atoms. The maximum absolute atomic E-state index is 13.0. The molecule has 11 nitrogen and oxygen atoms in total. The van der Waals surface area contributed by atoms with Crippen molar-refractivity contribution in [3.63, 3.8) is 0 Å². The molecule has 2 heterocycles. The smallest absolute Gasteiger partial charge is 0.258 e. The maximum atomic E-state index is 13.0. The third-order valence-electron chi connectivity index (χ3n) is 6.36. The zero-order chi connectivity index (χ0) is 26.7. The lowest BCUT2D eigenvalue weighted by atomic mass is 9.99. The summed E-state index contributed by atoms with van der Waals surface area (Å²) in [5, 5.41) is 43.4. The lowest BCUT2D eigenvalue weighted by Gasteiger charge is -2.39. The van der Waals surface area contributed by atoms with Crippen LogP contribution in [-0.4, -0.2) is 81.3 Å². The number of amides is 1. The van der Waals surface area contributed by atoms with Crippen molar-refractivity contribution in [2.75, 3.05) is 19.7 Å². The van der Waals surface area contributed by atoms with E-state index in [1.54, 1.807) is 37.4 Å². The second kappa shape index (κ2) is 11.4. The number of hydrogen-bond acceptors (Lipinski definition) is 9. The largest absolute Gasteiger partial charge is 0.462 e. The molecule has 3 aromatic rings. The Hall–Kier alpha value is -3.32. The molecule has 198 valence electrons. The van der Waals surface area contributed by atoms with E-state index in [2.05, 4.69) is 5.32 Å². The molecule has 5 atom stereocenters. The van der Waals surface area contributed by atoms with Crippen LogP contribution in [0, 0.1) is 6.92 Å². The second-order valence-corrected chi connectivity index (χ2v) is 8.98. The number of hydrogen-bond donors (Lipinski definition) is 6. The van der Waals surface area contributed by atoms with Crippen LogP contribution in [0.1, 0.15) is 5.56 Å². The Balaban J connectivity index is 1.57. The van der Waals surface area contributed by atoms with E-state index in [-0.39, 0.29) is 18.0 Å². The van der Waals surface area contributed by atoms with E-state index < -0.39 is 37.3 Å². The highest BCUT2D eigenvalue weighted by molar-refractivity contribution is 5.87. The first-order chi connectivity index (χ1) is 17.7. The van der Waals surface area contributed by atoms with Gasteiger partial charge in [0.25, 0.3) is 5.56 Å². The van der Waals surface area contributed by atoms with Crippen LogP contribution in [0.3, 0.4) is 0 Å². The van der Waals surface area contributed by atoms with Crippen molar-refractivity contribution in [2.45, 2.75) is 44.2 Å². The number of aliphatic hydroxyl groups is 4. The zero-order valence-electron chi connectivity index (χ0n) is 20.3. The van der Waals surface area contributed by atoms with Gasteiger partial charge >= 0.3 is 0 Å². The van der Waals surface area contributed by atoms with E-state index in [0.29, 0.717) is 29.8 Å². The van der Waals surface area contributed by atoms with Gasteiger partial charge in [0.05, 0.1) is 6.61 Å². The number of carbonyl (C=O) groups excluding carboxylic acids is 1. The molecular weight excluding hydrogens is 482 g/mol. The van der Waals surface area contributed by atoms with Gasteiger partial charge in [-0.3, -0.25) is 9.59 Å². The highest BCUT2D eigenvalue weighted by atomic mass is 16.7. The van der Waals surface area contributed by atoms with Crippen LogP contribution in [0.4, 0.5) is 0 Å². The Labute approximate surface area is 212 Å². The summed E-state index contributed by atoms with van der Waals surface area (Å²) >= 11 is 0. The van der Waals surface area contributed by atoms with Crippen molar-refractivity contribution in [1.29, 1.82) is 0 Å². The van der Waals surface area contributed by atoms with Gasteiger partial charge in [-0.2, -0.15) is 0 Å². The van der Waals surface area contributed by atoms with Gasteiger partial charge in [-0.05, 0) is 53.3 Å². The van der Waals surface area contributed by atoms with Gasteiger partial charge < -0.3 is 45.5 Å². The number of aryl methyl sites for hydroxylation is 1. The van der Waals surface area contributed by atoms with E-state index >= 15 is 0 Å². The lowest BCUT2D eigenvalue weighted by molar-refractivity contribution is -0.277. The number of fused-ring (bicyclic) bond motifs is 1. The van der Waals surface area contributed by atoms with Crippen molar-refractivity contribution < 1.29 is 34.7 Å². The quantitative estimate of drug-likeness (QED) is 0.226. The molecule has 0 saturated carbocycles. The van der Waals surface area contributed by atoms with E-state index in [1.807, 2.05) is 18.2 Å². The Morgan fingerprint density at radius 1 is 1.08 bits per heavy atom. The number of pyridine rings is 1. The normalized spacial score (nSPS) is 23.7. The minimum Gasteiger partial charge on any atom is -0.462 e. The number of carbonyl (C=O) groups is 1. The van der Waals surface area contributed by atoms with Crippen LogP contribution in [0.25, 0.3) is 21.9 Å². The van der Waals surface area contributed by atoms with Crippen molar-refractivity contribution in [2.24, 2.45) is 5.73 Å². The van der Waals surface area contributed by atoms with Crippen LogP contribution in [-0.2, 0) is 16.1 Å². The average molecular weight is 514 g/mol. The molecule has 1 fully saturated rings. The highest BCUT2D eigenvalue weighted by Crippen LogP contribution is 2.30. The van der Waals surface area contributed by atoms with Crippen LogP contribution in [0.5, 0.6) is 5.75 Å². The molecule has 11 heteroatoms. The summed E-state index contributed by atoms with van der Waals surface area (Å²) in [5.41, 5.74) is 7.38. The summed E-state index contributed by atoms with van der Waals surface area (Å²) in [7, 11) is 0. The van der Waals surface area contributed by atoms with Gasteiger partial charge in [-0.1, -0.05) is 18.2 Å². The molecule has 1 aromatic heterocycles. The van der Waals surface area contributed by atoms with E-state index in [1.165, 1.54) is 4.57 Å². The predicted octanol–water partition coefficient (Wildman–Crippen LogP) is -0.769. The number of rotatable bonds is 8. The highest BCUT2D eigenvalue weighted by Gasteiger charge is 2.44. The molecule has 1 aliphatic heterocycles. The minimum atomic E-state index is -1.54. The summed E-state index contributed by atoms with van der Waals surface area (Å²) in [6.07, 6.45) is -5.30. The van der Waals surface area contributed by atoms with E-state index in [4.69, 9.17) is 15.2 Å². The predicted molar refractivity (Wildman–Crippen MR) is 135 cm³/mol. The van der Waals surface area contributed by atoms with Gasteiger partial charge in [0.15, 0.2) is 0 Å². The number of aromatic nitrogens is 1. The van der Waals surface area contributed by atoms with Crippen LogP contribution < -0.4 is 21.3 Å². The minimum absolute atomic E-state index is 0.109. The summed E-state index contributed by atoms with van der Waals surface area (Å²) in [6.45, 7) is 1.78. The molecule has 1 saturated heterocycles. The summed E-state index contributed by atoms with van der Waals surface area (Å²) < 4.78 is 12.5.